The molecular formula is C18H23NO3. The zero-order chi connectivity index (χ0) is 15.8. The molecule has 0 aromatic heterocycles. The number of carbonyl (C=O) groups is 2. The first-order valence-corrected chi connectivity index (χ1v) is 8.02. The van der Waals surface area contributed by atoms with E-state index in [9.17, 15) is 14.7 Å². The van der Waals surface area contributed by atoms with Crippen LogP contribution in [0.25, 0.3) is 0 Å². The smallest absolute Gasteiger partial charge is 0.311 e. The van der Waals surface area contributed by atoms with Crippen LogP contribution in [-0.2, 0) is 16.0 Å². The molecule has 4 nitrogen and oxygen atoms in total. The third-order valence-corrected chi connectivity index (χ3v) is 5.43. The predicted molar refractivity (Wildman–Crippen MR) is 83.4 cm³/mol. The molecule has 0 bridgehead atoms. The van der Waals surface area contributed by atoms with Crippen molar-refractivity contribution in [2.75, 3.05) is 13.1 Å². The lowest BCUT2D eigenvalue weighted by Crippen LogP contribution is -2.49. The highest BCUT2D eigenvalue weighted by atomic mass is 16.4. The molecule has 1 aromatic rings. The first kappa shape index (κ1) is 15.1. The molecule has 1 aromatic carbocycles. The summed E-state index contributed by atoms with van der Waals surface area (Å²) in [5.74, 6) is -0.638. The Morgan fingerprint density at radius 3 is 2.36 bits per heavy atom. The number of carbonyl (C=O) groups excluding carboxylic acids is 1. The van der Waals surface area contributed by atoms with Crippen molar-refractivity contribution in [2.24, 2.45) is 10.8 Å². The average Bonchev–Trinajstić information content (AvgIpc) is 2.87. The van der Waals surface area contributed by atoms with E-state index in [1.54, 1.807) is 11.8 Å². The van der Waals surface area contributed by atoms with Gasteiger partial charge < -0.3 is 10.0 Å². The van der Waals surface area contributed by atoms with Gasteiger partial charge in [-0.05, 0) is 38.2 Å². The fourth-order valence-electron chi connectivity index (χ4n) is 3.70. The van der Waals surface area contributed by atoms with E-state index < -0.39 is 11.4 Å². The molecule has 0 spiro atoms. The molecule has 1 heterocycles. The van der Waals surface area contributed by atoms with Crippen LogP contribution >= 0.6 is 0 Å². The number of hydrogen-bond acceptors (Lipinski definition) is 2. The van der Waals surface area contributed by atoms with Crippen molar-refractivity contribution in [3.63, 3.8) is 0 Å². The van der Waals surface area contributed by atoms with Gasteiger partial charge in [0, 0.05) is 13.1 Å². The van der Waals surface area contributed by atoms with E-state index >= 15 is 0 Å². The highest BCUT2D eigenvalue weighted by molar-refractivity contribution is 5.86. The molecule has 4 heteroatoms. The van der Waals surface area contributed by atoms with Crippen LogP contribution in [-0.4, -0.2) is 35.0 Å². The minimum atomic E-state index is -0.798. The number of rotatable bonds is 4. The Balaban J connectivity index is 1.74. The maximum Gasteiger partial charge on any atom is 0.311 e. The van der Waals surface area contributed by atoms with Gasteiger partial charge in [-0.3, -0.25) is 9.59 Å². The number of carboxylic acids is 1. The summed E-state index contributed by atoms with van der Waals surface area (Å²) in [6.45, 7) is 2.66. The van der Waals surface area contributed by atoms with Crippen LogP contribution in [0.5, 0.6) is 0 Å². The number of benzene rings is 1. The lowest BCUT2D eigenvalue weighted by Gasteiger charge is -2.43. The monoisotopic (exact) mass is 301 g/mol. The highest BCUT2D eigenvalue weighted by Crippen LogP contribution is 2.46. The summed E-state index contributed by atoms with van der Waals surface area (Å²) < 4.78 is 0. The van der Waals surface area contributed by atoms with E-state index in [2.05, 4.69) is 12.1 Å². The van der Waals surface area contributed by atoms with E-state index in [0.717, 1.165) is 25.7 Å². The van der Waals surface area contributed by atoms with Gasteiger partial charge in [0.05, 0.1) is 10.8 Å². The Bertz CT molecular complexity index is 579. The first-order valence-electron chi connectivity index (χ1n) is 8.02. The number of likely N-dealkylation sites (tertiary alicyclic amines) is 1. The average molecular weight is 301 g/mol. The van der Waals surface area contributed by atoms with Gasteiger partial charge >= 0.3 is 5.97 Å². The molecule has 118 valence electrons. The molecule has 1 N–H and O–H groups in total. The summed E-state index contributed by atoms with van der Waals surface area (Å²) in [5, 5.41) is 9.34. The quantitative estimate of drug-likeness (QED) is 0.930. The van der Waals surface area contributed by atoms with Crippen molar-refractivity contribution >= 4 is 11.9 Å². The van der Waals surface area contributed by atoms with Crippen LogP contribution in [0.15, 0.2) is 30.3 Å². The summed E-state index contributed by atoms with van der Waals surface area (Å²) in [6.07, 6.45) is 4.24. The predicted octanol–water partition coefficient (Wildman–Crippen LogP) is 2.72. The summed E-state index contributed by atoms with van der Waals surface area (Å²) in [7, 11) is 0. The van der Waals surface area contributed by atoms with Crippen LogP contribution < -0.4 is 0 Å². The maximum atomic E-state index is 13.0. The van der Waals surface area contributed by atoms with Crippen molar-refractivity contribution in [1.82, 2.24) is 4.90 Å². The molecular weight excluding hydrogens is 278 g/mol. The lowest BCUT2D eigenvalue weighted by atomic mass is 9.64. The molecule has 1 saturated heterocycles. The molecule has 1 atom stereocenters. The molecule has 2 fully saturated rings. The summed E-state index contributed by atoms with van der Waals surface area (Å²) in [5.41, 5.74) is 0.106. The molecule has 0 radical (unpaired) electrons. The topological polar surface area (TPSA) is 57.6 Å². The first-order chi connectivity index (χ1) is 10.5. The second-order valence-corrected chi connectivity index (χ2v) is 7.14. The third kappa shape index (κ3) is 2.51. The number of hydrogen-bond donors (Lipinski definition) is 1. The molecule has 1 amide bonds. The van der Waals surface area contributed by atoms with Gasteiger partial charge in [0.15, 0.2) is 0 Å². The van der Waals surface area contributed by atoms with Crippen molar-refractivity contribution < 1.29 is 14.7 Å². The van der Waals surface area contributed by atoms with Gasteiger partial charge in [-0.1, -0.05) is 36.8 Å². The zero-order valence-electron chi connectivity index (χ0n) is 13.0. The fourth-order valence-corrected chi connectivity index (χ4v) is 3.70. The van der Waals surface area contributed by atoms with E-state index in [-0.39, 0.29) is 11.3 Å². The normalized spacial score (nSPS) is 26.5. The Morgan fingerprint density at radius 2 is 1.86 bits per heavy atom. The Kier molecular flexibility index (Phi) is 3.71. The van der Waals surface area contributed by atoms with Gasteiger partial charge in [-0.25, -0.2) is 0 Å². The van der Waals surface area contributed by atoms with E-state index in [4.69, 9.17) is 0 Å². The standard InChI is InChI=1S/C18H23NO3/c1-17(16(21)22)10-11-19(13-17)15(20)18(8-5-9-18)12-14-6-3-2-4-7-14/h2-4,6-7H,5,8-13H2,1H3,(H,21,22)/t17-/m0/s1. The number of carboxylic acid groups (broad SMARTS) is 1. The van der Waals surface area contributed by atoms with Crippen molar-refractivity contribution in [1.29, 1.82) is 0 Å². The number of amides is 1. The fraction of sp³-hybridized carbons (Fsp3) is 0.556. The van der Waals surface area contributed by atoms with Gasteiger partial charge in [0.25, 0.3) is 0 Å². The lowest BCUT2D eigenvalue weighted by molar-refractivity contribution is -0.150. The number of nitrogens with zero attached hydrogens (tertiary/aromatic N) is 1. The van der Waals surface area contributed by atoms with Crippen LogP contribution in [0.3, 0.4) is 0 Å². The Hall–Kier alpha value is -1.84. The summed E-state index contributed by atoms with van der Waals surface area (Å²) >= 11 is 0. The van der Waals surface area contributed by atoms with Crippen molar-refractivity contribution in [3.8, 4) is 0 Å². The van der Waals surface area contributed by atoms with Gasteiger partial charge in [0.2, 0.25) is 5.91 Å². The van der Waals surface area contributed by atoms with Gasteiger partial charge in [-0.15, -0.1) is 0 Å². The van der Waals surface area contributed by atoms with Gasteiger partial charge in [-0.2, -0.15) is 0 Å². The van der Waals surface area contributed by atoms with Crippen LogP contribution in [0.4, 0.5) is 0 Å². The third-order valence-electron chi connectivity index (χ3n) is 5.43. The van der Waals surface area contributed by atoms with Crippen molar-refractivity contribution in [3.05, 3.63) is 35.9 Å². The number of aliphatic carboxylic acids is 1. The summed E-state index contributed by atoms with van der Waals surface area (Å²) in [4.78, 5) is 26.2. The minimum absolute atomic E-state index is 0.160. The molecule has 0 unspecified atom stereocenters. The maximum absolute atomic E-state index is 13.0. The SMILES string of the molecule is C[C@]1(C(=O)O)CCN(C(=O)C2(Cc3ccccc3)CCC2)C1. The molecule has 1 saturated carbocycles. The van der Waals surface area contributed by atoms with Gasteiger partial charge in [0.1, 0.15) is 0 Å². The van der Waals surface area contributed by atoms with Crippen LogP contribution in [0, 0.1) is 10.8 Å². The minimum Gasteiger partial charge on any atom is -0.481 e. The molecule has 1 aliphatic carbocycles. The Morgan fingerprint density at radius 1 is 1.18 bits per heavy atom. The molecule has 2 aliphatic rings. The Labute approximate surface area is 131 Å². The highest BCUT2D eigenvalue weighted by Gasteiger charge is 2.50. The van der Waals surface area contributed by atoms with E-state index in [1.807, 2.05) is 18.2 Å². The summed E-state index contributed by atoms with van der Waals surface area (Å²) in [6, 6.07) is 10.1. The second-order valence-electron chi connectivity index (χ2n) is 7.14. The van der Waals surface area contributed by atoms with E-state index in [1.165, 1.54) is 5.56 Å². The van der Waals surface area contributed by atoms with Crippen LogP contribution in [0.1, 0.15) is 38.2 Å². The molecule has 3 rings (SSSR count). The zero-order valence-corrected chi connectivity index (χ0v) is 13.0. The molecule has 1 aliphatic heterocycles. The van der Waals surface area contributed by atoms with Crippen LogP contribution in [0.2, 0.25) is 0 Å². The van der Waals surface area contributed by atoms with E-state index in [0.29, 0.717) is 19.5 Å². The second kappa shape index (κ2) is 5.41. The molecule has 22 heavy (non-hydrogen) atoms. The largest absolute Gasteiger partial charge is 0.481 e. The van der Waals surface area contributed by atoms with Crippen molar-refractivity contribution in [2.45, 2.75) is 39.0 Å².